The standard InChI is InChI=1S/C15H28N2/c1-5-9-16-11-15(12-17-10-6-2)13(3)7-8-14(15)4/h7-8,16-17H,5-6,9-12H2,1-4H3. The molecule has 2 heteroatoms. The summed E-state index contributed by atoms with van der Waals surface area (Å²) in [6.45, 7) is 13.3. The Morgan fingerprint density at radius 3 is 1.65 bits per heavy atom. The first-order valence-corrected chi connectivity index (χ1v) is 6.95. The van der Waals surface area contributed by atoms with Crippen LogP contribution in [0.2, 0.25) is 0 Å². The van der Waals surface area contributed by atoms with E-state index in [2.05, 4.69) is 50.5 Å². The van der Waals surface area contributed by atoms with Crippen molar-refractivity contribution in [3.05, 3.63) is 23.3 Å². The zero-order valence-corrected chi connectivity index (χ0v) is 11.9. The Bertz CT molecular complexity index is 259. The summed E-state index contributed by atoms with van der Waals surface area (Å²) in [5.74, 6) is 0. The van der Waals surface area contributed by atoms with Gasteiger partial charge in [-0.2, -0.15) is 0 Å². The molecule has 17 heavy (non-hydrogen) atoms. The number of hydrogen-bond acceptors (Lipinski definition) is 2. The summed E-state index contributed by atoms with van der Waals surface area (Å²) < 4.78 is 0. The Kier molecular flexibility index (Phi) is 5.93. The molecule has 0 saturated carbocycles. The minimum atomic E-state index is 0.213. The smallest absolute Gasteiger partial charge is 0.0370 e. The average Bonchev–Trinajstić information content (AvgIpc) is 2.59. The molecule has 0 heterocycles. The lowest BCUT2D eigenvalue weighted by Crippen LogP contribution is -2.43. The molecule has 2 nitrogen and oxygen atoms in total. The average molecular weight is 236 g/mol. The second kappa shape index (κ2) is 6.97. The lowest BCUT2D eigenvalue weighted by Gasteiger charge is -2.34. The lowest BCUT2D eigenvalue weighted by molar-refractivity contribution is 0.375. The second-order valence-corrected chi connectivity index (χ2v) is 5.14. The third-order valence-corrected chi connectivity index (χ3v) is 3.80. The summed E-state index contributed by atoms with van der Waals surface area (Å²) in [6, 6.07) is 0. The molecular formula is C15H28N2. The van der Waals surface area contributed by atoms with Crippen LogP contribution in [0, 0.1) is 5.41 Å². The highest BCUT2D eigenvalue weighted by Gasteiger charge is 2.35. The van der Waals surface area contributed by atoms with E-state index in [9.17, 15) is 0 Å². The Morgan fingerprint density at radius 2 is 1.29 bits per heavy atom. The number of allylic oxidation sites excluding steroid dienone is 2. The van der Waals surface area contributed by atoms with Crippen molar-refractivity contribution < 1.29 is 0 Å². The van der Waals surface area contributed by atoms with Crippen molar-refractivity contribution in [2.75, 3.05) is 26.2 Å². The van der Waals surface area contributed by atoms with Gasteiger partial charge in [0, 0.05) is 18.5 Å². The molecule has 0 aromatic rings. The third kappa shape index (κ3) is 3.43. The van der Waals surface area contributed by atoms with Crippen molar-refractivity contribution in [3.63, 3.8) is 0 Å². The fourth-order valence-corrected chi connectivity index (χ4v) is 2.46. The number of rotatable bonds is 8. The van der Waals surface area contributed by atoms with Gasteiger partial charge in [0.05, 0.1) is 0 Å². The first-order chi connectivity index (χ1) is 8.17. The monoisotopic (exact) mass is 236 g/mol. The normalized spacial score (nSPS) is 18.1. The van der Waals surface area contributed by atoms with E-state index in [0.29, 0.717) is 0 Å². The maximum atomic E-state index is 3.58. The molecule has 2 N–H and O–H groups in total. The molecule has 0 spiro atoms. The molecule has 0 radical (unpaired) electrons. The van der Waals surface area contributed by atoms with Gasteiger partial charge in [-0.25, -0.2) is 0 Å². The van der Waals surface area contributed by atoms with E-state index in [4.69, 9.17) is 0 Å². The van der Waals surface area contributed by atoms with Crippen LogP contribution in [0.3, 0.4) is 0 Å². The van der Waals surface area contributed by atoms with Gasteiger partial charge in [-0.15, -0.1) is 0 Å². The highest BCUT2D eigenvalue weighted by atomic mass is 14.9. The van der Waals surface area contributed by atoms with Crippen molar-refractivity contribution in [3.8, 4) is 0 Å². The van der Waals surface area contributed by atoms with E-state index < -0.39 is 0 Å². The minimum absolute atomic E-state index is 0.213. The van der Waals surface area contributed by atoms with E-state index in [1.807, 2.05) is 0 Å². The molecular weight excluding hydrogens is 208 g/mol. The quantitative estimate of drug-likeness (QED) is 0.633. The molecule has 0 aromatic carbocycles. The zero-order valence-electron chi connectivity index (χ0n) is 11.9. The highest BCUT2D eigenvalue weighted by Crippen LogP contribution is 2.38. The van der Waals surface area contributed by atoms with Gasteiger partial charge in [-0.05, 0) is 39.8 Å². The van der Waals surface area contributed by atoms with Gasteiger partial charge >= 0.3 is 0 Å². The van der Waals surface area contributed by atoms with Crippen molar-refractivity contribution in [1.29, 1.82) is 0 Å². The maximum Gasteiger partial charge on any atom is 0.0370 e. The number of hydrogen-bond donors (Lipinski definition) is 2. The van der Waals surface area contributed by atoms with Crippen molar-refractivity contribution in [2.24, 2.45) is 5.41 Å². The lowest BCUT2D eigenvalue weighted by atomic mass is 9.77. The zero-order chi connectivity index (χ0) is 12.7. The van der Waals surface area contributed by atoms with Gasteiger partial charge in [-0.3, -0.25) is 0 Å². The fourth-order valence-electron chi connectivity index (χ4n) is 2.46. The SMILES string of the molecule is CCCNCC1(CNCCC)C(C)=CC=C1C. The van der Waals surface area contributed by atoms with E-state index in [-0.39, 0.29) is 5.41 Å². The molecule has 0 saturated heterocycles. The largest absolute Gasteiger partial charge is 0.315 e. The predicted molar refractivity (Wildman–Crippen MR) is 76.3 cm³/mol. The van der Waals surface area contributed by atoms with E-state index in [1.54, 1.807) is 0 Å². The molecule has 0 unspecified atom stereocenters. The second-order valence-electron chi connectivity index (χ2n) is 5.14. The van der Waals surface area contributed by atoms with Crippen LogP contribution in [-0.4, -0.2) is 26.2 Å². The van der Waals surface area contributed by atoms with Crippen LogP contribution in [-0.2, 0) is 0 Å². The summed E-state index contributed by atoms with van der Waals surface area (Å²) in [5, 5.41) is 7.17. The molecule has 0 aliphatic heterocycles. The van der Waals surface area contributed by atoms with Gasteiger partial charge in [0.25, 0.3) is 0 Å². The summed E-state index contributed by atoms with van der Waals surface area (Å²) in [7, 11) is 0. The molecule has 1 aliphatic carbocycles. The van der Waals surface area contributed by atoms with Gasteiger partial charge in [0.1, 0.15) is 0 Å². The molecule has 0 fully saturated rings. The van der Waals surface area contributed by atoms with Gasteiger partial charge < -0.3 is 10.6 Å². The molecule has 0 bridgehead atoms. The number of nitrogens with one attached hydrogen (secondary N) is 2. The first-order valence-electron chi connectivity index (χ1n) is 6.95. The van der Waals surface area contributed by atoms with E-state index in [0.717, 1.165) is 26.2 Å². The van der Waals surface area contributed by atoms with Gasteiger partial charge in [0.2, 0.25) is 0 Å². The van der Waals surface area contributed by atoms with Crippen LogP contribution in [0.15, 0.2) is 23.3 Å². The predicted octanol–water partition coefficient (Wildman–Crippen LogP) is 2.88. The highest BCUT2D eigenvalue weighted by molar-refractivity contribution is 5.40. The molecule has 0 aromatic heterocycles. The molecule has 1 aliphatic rings. The van der Waals surface area contributed by atoms with Crippen molar-refractivity contribution in [2.45, 2.75) is 40.5 Å². The van der Waals surface area contributed by atoms with Crippen LogP contribution in [0.4, 0.5) is 0 Å². The van der Waals surface area contributed by atoms with Crippen LogP contribution >= 0.6 is 0 Å². The first kappa shape index (κ1) is 14.5. The fraction of sp³-hybridized carbons (Fsp3) is 0.733. The third-order valence-electron chi connectivity index (χ3n) is 3.80. The molecule has 1 rings (SSSR count). The van der Waals surface area contributed by atoms with Gasteiger partial charge in [-0.1, -0.05) is 37.1 Å². The molecule has 98 valence electrons. The summed E-state index contributed by atoms with van der Waals surface area (Å²) in [4.78, 5) is 0. The topological polar surface area (TPSA) is 24.1 Å². The van der Waals surface area contributed by atoms with Crippen molar-refractivity contribution in [1.82, 2.24) is 10.6 Å². The summed E-state index contributed by atoms with van der Waals surface area (Å²) in [5.41, 5.74) is 3.19. The Hall–Kier alpha value is -0.600. The van der Waals surface area contributed by atoms with Crippen LogP contribution in [0.25, 0.3) is 0 Å². The Labute approximate surface area is 107 Å². The van der Waals surface area contributed by atoms with Crippen molar-refractivity contribution >= 4 is 0 Å². The van der Waals surface area contributed by atoms with Crippen LogP contribution in [0.5, 0.6) is 0 Å². The van der Waals surface area contributed by atoms with Crippen LogP contribution < -0.4 is 10.6 Å². The summed E-state index contributed by atoms with van der Waals surface area (Å²) in [6.07, 6.45) is 6.95. The maximum absolute atomic E-state index is 3.58. The van der Waals surface area contributed by atoms with E-state index in [1.165, 1.54) is 24.0 Å². The molecule has 0 atom stereocenters. The van der Waals surface area contributed by atoms with E-state index >= 15 is 0 Å². The summed E-state index contributed by atoms with van der Waals surface area (Å²) >= 11 is 0. The molecule has 0 amide bonds. The Balaban J connectivity index is 2.64. The Morgan fingerprint density at radius 1 is 0.882 bits per heavy atom. The van der Waals surface area contributed by atoms with Gasteiger partial charge in [0.15, 0.2) is 0 Å². The van der Waals surface area contributed by atoms with Crippen LogP contribution in [0.1, 0.15) is 40.5 Å². The minimum Gasteiger partial charge on any atom is -0.315 e.